The van der Waals surface area contributed by atoms with Crippen LogP contribution in [0.25, 0.3) is 0 Å². The van der Waals surface area contributed by atoms with Crippen molar-refractivity contribution in [3.8, 4) is 0 Å². The summed E-state index contributed by atoms with van der Waals surface area (Å²) in [5, 5.41) is 11.6. The van der Waals surface area contributed by atoms with Crippen LogP contribution in [0, 0.1) is 5.92 Å². The molecule has 176 valence electrons. The molecule has 0 bridgehead atoms. The van der Waals surface area contributed by atoms with E-state index >= 15 is 0 Å². The third-order valence-corrected chi connectivity index (χ3v) is 6.95. The Kier molecular flexibility index (Phi) is 7.65. The Balaban J connectivity index is 1.32. The second-order valence-corrected chi connectivity index (χ2v) is 9.20. The van der Waals surface area contributed by atoms with Crippen molar-refractivity contribution in [2.45, 2.75) is 56.7 Å². The molecule has 33 heavy (non-hydrogen) atoms. The molecule has 0 radical (unpaired) electrons. The van der Waals surface area contributed by atoms with Gasteiger partial charge < -0.3 is 20.5 Å². The van der Waals surface area contributed by atoms with Gasteiger partial charge in [-0.25, -0.2) is 4.79 Å². The first-order valence-electron chi connectivity index (χ1n) is 12.1. The molecule has 2 aliphatic rings. The topological polar surface area (TPSA) is 88.1 Å². The minimum Gasteiger partial charge on any atom is -0.458 e. The fraction of sp³-hybridized carbons (Fsp3) is 0.481. The molecule has 6 nitrogen and oxygen atoms in total. The van der Waals surface area contributed by atoms with E-state index in [-0.39, 0.29) is 12.0 Å². The highest BCUT2D eigenvalue weighted by molar-refractivity contribution is 5.82. The molecular formula is C27H35N3O3. The molecule has 0 spiro atoms. The average Bonchev–Trinajstić information content (AvgIpc) is 3.55. The van der Waals surface area contributed by atoms with Crippen LogP contribution in [0.5, 0.6) is 0 Å². The zero-order valence-electron chi connectivity index (χ0n) is 19.2. The van der Waals surface area contributed by atoms with Crippen molar-refractivity contribution < 1.29 is 14.6 Å². The van der Waals surface area contributed by atoms with E-state index in [0.717, 1.165) is 38.5 Å². The van der Waals surface area contributed by atoms with Crippen molar-refractivity contribution in [2.24, 2.45) is 16.6 Å². The van der Waals surface area contributed by atoms with E-state index in [0.29, 0.717) is 37.6 Å². The third kappa shape index (κ3) is 5.56. The molecule has 2 atom stereocenters. The molecule has 1 aliphatic heterocycles. The molecule has 6 heteroatoms. The Morgan fingerprint density at radius 2 is 1.73 bits per heavy atom. The minimum absolute atomic E-state index is 0.110. The van der Waals surface area contributed by atoms with Crippen LogP contribution in [0.1, 0.15) is 49.7 Å². The Bertz CT molecular complexity index is 928. The fourth-order valence-corrected chi connectivity index (χ4v) is 5.05. The van der Waals surface area contributed by atoms with Gasteiger partial charge in [-0.05, 0) is 36.8 Å². The summed E-state index contributed by atoms with van der Waals surface area (Å²) in [6, 6.07) is 19.6. The van der Waals surface area contributed by atoms with Crippen molar-refractivity contribution in [2.75, 3.05) is 19.6 Å². The number of aliphatic imine (C=N–C) groups is 1. The van der Waals surface area contributed by atoms with Gasteiger partial charge in [0.15, 0.2) is 11.6 Å². The van der Waals surface area contributed by atoms with E-state index in [1.54, 1.807) is 0 Å². The number of ether oxygens (including phenoxy) is 1. The lowest BCUT2D eigenvalue weighted by Gasteiger charge is -2.33. The van der Waals surface area contributed by atoms with Gasteiger partial charge >= 0.3 is 5.97 Å². The molecule has 3 N–H and O–H groups in total. The molecule has 2 aromatic rings. The summed E-state index contributed by atoms with van der Waals surface area (Å²) in [5.74, 6) is -0.150. The Hall–Kier alpha value is -2.86. The number of aliphatic hydroxyl groups is 1. The van der Waals surface area contributed by atoms with Crippen molar-refractivity contribution in [3.05, 3.63) is 71.8 Å². The number of benzene rings is 2. The lowest BCUT2D eigenvalue weighted by atomic mass is 9.80. The molecule has 1 heterocycles. The summed E-state index contributed by atoms with van der Waals surface area (Å²) >= 11 is 0. The molecule has 2 aromatic carbocycles. The molecule has 1 aliphatic carbocycles. The molecule has 4 rings (SSSR count). The highest BCUT2D eigenvalue weighted by Gasteiger charge is 2.48. The summed E-state index contributed by atoms with van der Waals surface area (Å²) in [6.07, 6.45) is 6.01. The van der Waals surface area contributed by atoms with Gasteiger partial charge in [0.05, 0.1) is 6.54 Å². The zero-order chi connectivity index (χ0) is 23.1. The van der Waals surface area contributed by atoms with Crippen LogP contribution in [0.15, 0.2) is 65.7 Å². The summed E-state index contributed by atoms with van der Waals surface area (Å²) in [5.41, 5.74) is 6.54. The van der Waals surface area contributed by atoms with E-state index in [1.807, 2.05) is 53.4 Å². The lowest BCUT2D eigenvalue weighted by Crippen LogP contribution is -2.45. The Morgan fingerprint density at radius 1 is 1.06 bits per heavy atom. The van der Waals surface area contributed by atoms with Crippen molar-refractivity contribution >= 4 is 11.9 Å². The number of likely N-dealkylation sites (tertiary alicyclic amines) is 1. The number of nitrogens with two attached hydrogens (primary N) is 1. The van der Waals surface area contributed by atoms with Crippen molar-refractivity contribution in [3.63, 3.8) is 0 Å². The molecule has 1 saturated heterocycles. The van der Waals surface area contributed by atoms with Gasteiger partial charge in [0, 0.05) is 25.4 Å². The van der Waals surface area contributed by atoms with E-state index in [2.05, 4.69) is 17.1 Å². The monoisotopic (exact) mass is 449 g/mol. The minimum atomic E-state index is -1.59. The van der Waals surface area contributed by atoms with E-state index in [4.69, 9.17) is 10.5 Å². The summed E-state index contributed by atoms with van der Waals surface area (Å²) in [6.45, 7) is 1.87. The molecule has 1 saturated carbocycles. The highest BCUT2D eigenvalue weighted by Crippen LogP contribution is 2.41. The Labute approximate surface area is 196 Å². The number of hydrogen-bond acceptors (Lipinski definition) is 4. The molecule has 2 fully saturated rings. The first-order chi connectivity index (χ1) is 16.1. The van der Waals surface area contributed by atoms with Crippen LogP contribution in [-0.4, -0.2) is 47.7 Å². The average molecular weight is 450 g/mol. The number of esters is 1. The number of rotatable bonds is 8. The van der Waals surface area contributed by atoms with Crippen LogP contribution in [0.3, 0.4) is 0 Å². The maximum atomic E-state index is 13.3. The number of aryl methyl sites for hydroxylation is 1. The predicted octanol–water partition coefficient (Wildman–Crippen LogP) is 3.63. The number of carbonyl (C=O) groups excluding carboxylic acids is 1. The molecule has 0 amide bonds. The van der Waals surface area contributed by atoms with Gasteiger partial charge in [0.2, 0.25) is 0 Å². The van der Waals surface area contributed by atoms with E-state index in [1.165, 1.54) is 5.56 Å². The second-order valence-electron chi connectivity index (χ2n) is 9.20. The first-order valence-corrected chi connectivity index (χ1v) is 12.1. The van der Waals surface area contributed by atoms with Gasteiger partial charge in [-0.3, -0.25) is 4.99 Å². The summed E-state index contributed by atoms with van der Waals surface area (Å²) < 4.78 is 5.87. The summed E-state index contributed by atoms with van der Waals surface area (Å²) in [4.78, 5) is 19.8. The third-order valence-electron chi connectivity index (χ3n) is 6.95. The largest absolute Gasteiger partial charge is 0.458 e. The number of nitrogens with zero attached hydrogens (tertiary/aromatic N) is 2. The van der Waals surface area contributed by atoms with Crippen molar-refractivity contribution in [1.29, 1.82) is 0 Å². The van der Waals surface area contributed by atoms with Crippen LogP contribution >= 0.6 is 0 Å². The standard InChI is InChI=1S/C27H35N3O3/c28-26(29-18-9-12-21-10-3-1-4-11-21)30-19-17-24(20-30)33-25(31)27(32,23-15-7-8-16-23)22-13-5-2-6-14-22/h1-6,10-11,13-14,23-24,32H,7-9,12,15-20H2,(H2,28,29). The van der Waals surface area contributed by atoms with Gasteiger partial charge in [0.1, 0.15) is 6.10 Å². The second kappa shape index (κ2) is 10.8. The maximum Gasteiger partial charge on any atom is 0.343 e. The molecule has 0 aromatic heterocycles. The van der Waals surface area contributed by atoms with Gasteiger partial charge in [0.25, 0.3) is 0 Å². The quantitative estimate of drug-likeness (QED) is 0.278. The molecule has 2 unspecified atom stereocenters. The molecular weight excluding hydrogens is 414 g/mol. The van der Waals surface area contributed by atoms with E-state index in [9.17, 15) is 9.90 Å². The van der Waals surface area contributed by atoms with Gasteiger partial charge in [-0.15, -0.1) is 0 Å². The van der Waals surface area contributed by atoms with E-state index < -0.39 is 11.6 Å². The highest BCUT2D eigenvalue weighted by atomic mass is 16.6. The Morgan fingerprint density at radius 3 is 2.42 bits per heavy atom. The number of carbonyl (C=O) groups is 1. The number of guanidine groups is 1. The number of hydrogen-bond donors (Lipinski definition) is 2. The summed E-state index contributed by atoms with van der Waals surface area (Å²) in [7, 11) is 0. The van der Waals surface area contributed by atoms with Gasteiger partial charge in [-0.1, -0.05) is 73.5 Å². The van der Waals surface area contributed by atoms with Crippen LogP contribution in [0.2, 0.25) is 0 Å². The van der Waals surface area contributed by atoms with Crippen LogP contribution < -0.4 is 5.73 Å². The first kappa shape index (κ1) is 23.3. The fourth-order valence-electron chi connectivity index (χ4n) is 5.05. The lowest BCUT2D eigenvalue weighted by molar-refractivity contribution is -0.178. The maximum absolute atomic E-state index is 13.3. The zero-order valence-corrected chi connectivity index (χ0v) is 19.2. The normalized spacial score (nSPS) is 21.2. The predicted molar refractivity (Wildman–Crippen MR) is 130 cm³/mol. The van der Waals surface area contributed by atoms with Crippen LogP contribution in [-0.2, 0) is 21.6 Å². The van der Waals surface area contributed by atoms with Crippen molar-refractivity contribution in [1.82, 2.24) is 4.90 Å². The SMILES string of the molecule is NC(=NCCCc1ccccc1)N1CCC(OC(=O)C(O)(c2ccccc2)C2CCCC2)C1. The van der Waals surface area contributed by atoms with Gasteiger partial charge in [-0.2, -0.15) is 0 Å². The smallest absolute Gasteiger partial charge is 0.343 e. The van der Waals surface area contributed by atoms with Crippen LogP contribution in [0.4, 0.5) is 0 Å².